The molecule has 0 radical (unpaired) electrons. The highest BCUT2D eigenvalue weighted by Gasteiger charge is 2.17. The van der Waals surface area contributed by atoms with Gasteiger partial charge in [0.1, 0.15) is 0 Å². The molecule has 0 atom stereocenters. The van der Waals surface area contributed by atoms with Gasteiger partial charge in [-0.25, -0.2) is 9.36 Å². The van der Waals surface area contributed by atoms with Crippen LogP contribution in [0, 0.1) is 0 Å². The summed E-state index contributed by atoms with van der Waals surface area (Å²) in [5, 5.41) is 0.897. The molecule has 0 unspecified atom stereocenters. The lowest BCUT2D eigenvalue weighted by atomic mass is 10.2. The summed E-state index contributed by atoms with van der Waals surface area (Å²) in [6.45, 7) is 2.24. The Bertz CT molecular complexity index is 1050. The van der Waals surface area contributed by atoms with E-state index in [1.165, 1.54) is 18.8 Å². The van der Waals surface area contributed by atoms with Crippen LogP contribution in [0.3, 0.4) is 0 Å². The maximum atomic E-state index is 13.0. The predicted molar refractivity (Wildman–Crippen MR) is 97.6 cm³/mol. The van der Waals surface area contributed by atoms with E-state index < -0.39 is 11.2 Å². The van der Waals surface area contributed by atoms with E-state index in [4.69, 9.17) is 21.1 Å². The SMILES string of the molecule is CCn1c(=O)n(-c2ccc(Cl)cc2)c(=O)c2cc(OC)c(OC)cc21. The minimum atomic E-state index is -0.423. The average molecular weight is 361 g/mol. The van der Waals surface area contributed by atoms with Crippen molar-refractivity contribution in [2.24, 2.45) is 0 Å². The summed E-state index contributed by atoms with van der Waals surface area (Å²) in [6.07, 6.45) is 0. The number of halogens is 1. The van der Waals surface area contributed by atoms with Crippen LogP contribution in [0.1, 0.15) is 6.92 Å². The van der Waals surface area contributed by atoms with Crippen molar-refractivity contribution in [3.63, 3.8) is 0 Å². The number of aromatic nitrogens is 2. The minimum Gasteiger partial charge on any atom is -0.493 e. The van der Waals surface area contributed by atoms with E-state index >= 15 is 0 Å². The molecule has 2 aromatic carbocycles. The molecule has 1 heterocycles. The highest BCUT2D eigenvalue weighted by Crippen LogP contribution is 2.30. The van der Waals surface area contributed by atoms with E-state index in [9.17, 15) is 9.59 Å². The van der Waals surface area contributed by atoms with Gasteiger partial charge in [0.2, 0.25) is 0 Å². The van der Waals surface area contributed by atoms with Gasteiger partial charge < -0.3 is 9.47 Å². The molecule has 0 N–H and O–H groups in total. The molecule has 130 valence electrons. The molecule has 0 aliphatic carbocycles. The summed E-state index contributed by atoms with van der Waals surface area (Å²) in [6, 6.07) is 9.78. The second-order valence-electron chi connectivity index (χ2n) is 5.37. The molecule has 0 bridgehead atoms. The molecule has 0 aliphatic heterocycles. The van der Waals surface area contributed by atoms with Crippen LogP contribution in [-0.4, -0.2) is 23.4 Å². The number of ether oxygens (including phenoxy) is 2. The summed E-state index contributed by atoms with van der Waals surface area (Å²) in [5.74, 6) is 0.885. The Morgan fingerprint density at radius 2 is 1.60 bits per heavy atom. The Morgan fingerprint density at radius 3 is 2.16 bits per heavy atom. The van der Waals surface area contributed by atoms with Crippen molar-refractivity contribution in [2.45, 2.75) is 13.5 Å². The van der Waals surface area contributed by atoms with Gasteiger partial charge in [-0.1, -0.05) is 11.6 Å². The molecule has 0 amide bonds. The van der Waals surface area contributed by atoms with Gasteiger partial charge in [0.05, 0.1) is 30.8 Å². The Kier molecular flexibility index (Phi) is 4.55. The molecule has 3 rings (SSSR count). The third-order valence-electron chi connectivity index (χ3n) is 4.05. The van der Waals surface area contributed by atoms with Crippen LogP contribution < -0.4 is 20.7 Å². The Balaban J connectivity index is 2.46. The van der Waals surface area contributed by atoms with Crippen molar-refractivity contribution in [1.82, 2.24) is 9.13 Å². The normalized spacial score (nSPS) is 10.9. The zero-order valence-electron chi connectivity index (χ0n) is 14.1. The van der Waals surface area contributed by atoms with Crippen LogP contribution >= 0.6 is 11.6 Å². The van der Waals surface area contributed by atoms with Crippen LogP contribution in [0.5, 0.6) is 11.5 Å². The number of methoxy groups -OCH3 is 2. The Hall–Kier alpha value is -2.73. The smallest absolute Gasteiger partial charge is 0.336 e. The van der Waals surface area contributed by atoms with Crippen LogP contribution in [0.2, 0.25) is 5.02 Å². The third-order valence-corrected chi connectivity index (χ3v) is 4.30. The minimum absolute atomic E-state index is 0.369. The van der Waals surface area contributed by atoms with Gasteiger partial charge in [-0.3, -0.25) is 9.36 Å². The highest BCUT2D eigenvalue weighted by molar-refractivity contribution is 6.30. The summed E-state index contributed by atoms with van der Waals surface area (Å²) in [4.78, 5) is 25.9. The molecular weight excluding hydrogens is 344 g/mol. The van der Waals surface area contributed by atoms with Gasteiger partial charge in [-0.05, 0) is 37.3 Å². The van der Waals surface area contributed by atoms with Crippen LogP contribution in [0.25, 0.3) is 16.6 Å². The third kappa shape index (κ3) is 2.78. The predicted octanol–water partition coefficient (Wildman–Crippen LogP) is 2.84. The van der Waals surface area contributed by atoms with Gasteiger partial charge >= 0.3 is 5.69 Å². The number of fused-ring (bicyclic) bond motifs is 1. The van der Waals surface area contributed by atoms with E-state index in [0.29, 0.717) is 39.7 Å². The van der Waals surface area contributed by atoms with Crippen molar-refractivity contribution in [3.8, 4) is 17.2 Å². The van der Waals surface area contributed by atoms with Gasteiger partial charge in [0.15, 0.2) is 11.5 Å². The monoisotopic (exact) mass is 360 g/mol. The van der Waals surface area contributed by atoms with Gasteiger partial charge in [0, 0.05) is 17.6 Å². The van der Waals surface area contributed by atoms with E-state index in [1.807, 2.05) is 6.92 Å². The molecule has 0 saturated heterocycles. The summed E-state index contributed by atoms with van der Waals surface area (Å²) in [7, 11) is 3.00. The quantitative estimate of drug-likeness (QED) is 0.717. The molecule has 0 fully saturated rings. The molecule has 3 aromatic rings. The highest BCUT2D eigenvalue weighted by atomic mass is 35.5. The fourth-order valence-corrected chi connectivity index (χ4v) is 2.94. The maximum Gasteiger partial charge on any atom is 0.336 e. The van der Waals surface area contributed by atoms with Crippen molar-refractivity contribution < 1.29 is 9.47 Å². The molecule has 1 aromatic heterocycles. The number of rotatable bonds is 4. The summed E-state index contributed by atoms with van der Waals surface area (Å²) >= 11 is 5.90. The first-order chi connectivity index (χ1) is 12.0. The molecule has 0 aliphatic rings. The van der Waals surface area contributed by atoms with Gasteiger partial charge in [0.25, 0.3) is 5.56 Å². The zero-order chi connectivity index (χ0) is 18.1. The van der Waals surface area contributed by atoms with Crippen LogP contribution in [-0.2, 0) is 6.54 Å². The number of hydrogen-bond donors (Lipinski definition) is 0. The molecule has 7 heteroatoms. The number of benzene rings is 2. The maximum absolute atomic E-state index is 13.0. The first kappa shape index (κ1) is 17.1. The van der Waals surface area contributed by atoms with Gasteiger partial charge in [-0.15, -0.1) is 0 Å². The molecule has 0 spiro atoms. The Labute approximate surface area is 148 Å². The second-order valence-corrected chi connectivity index (χ2v) is 5.80. The standard InChI is InChI=1S/C18H17ClN2O4/c1-4-20-14-10-16(25-3)15(24-2)9-13(14)17(22)21(18(20)23)12-7-5-11(19)6-8-12/h5-10H,4H2,1-3H3. The molecular formula is C18H17ClN2O4. The van der Waals surface area contributed by atoms with Crippen LogP contribution in [0.4, 0.5) is 0 Å². The van der Waals surface area contributed by atoms with E-state index in [1.54, 1.807) is 36.4 Å². The average Bonchev–Trinajstić information content (AvgIpc) is 2.62. The fourth-order valence-electron chi connectivity index (χ4n) is 2.82. The lowest BCUT2D eigenvalue weighted by Crippen LogP contribution is -2.38. The molecule has 6 nitrogen and oxygen atoms in total. The molecule has 25 heavy (non-hydrogen) atoms. The second kappa shape index (κ2) is 6.64. The van der Waals surface area contributed by atoms with E-state index in [-0.39, 0.29) is 0 Å². The Morgan fingerprint density at radius 1 is 1.00 bits per heavy atom. The van der Waals surface area contributed by atoms with Gasteiger partial charge in [-0.2, -0.15) is 0 Å². The zero-order valence-corrected chi connectivity index (χ0v) is 14.8. The first-order valence-corrected chi connectivity index (χ1v) is 8.07. The molecule has 0 saturated carbocycles. The lowest BCUT2D eigenvalue weighted by molar-refractivity contribution is 0.355. The van der Waals surface area contributed by atoms with Crippen LogP contribution in [0.15, 0.2) is 46.0 Å². The number of nitrogens with zero attached hydrogens (tertiary/aromatic N) is 2. The lowest BCUT2D eigenvalue weighted by Gasteiger charge is -2.15. The summed E-state index contributed by atoms with van der Waals surface area (Å²) < 4.78 is 13.2. The van der Waals surface area contributed by atoms with Crippen molar-refractivity contribution >= 4 is 22.5 Å². The van der Waals surface area contributed by atoms with Crippen molar-refractivity contribution in [2.75, 3.05) is 14.2 Å². The largest absolute Gasteiger partial charge is 0.493 e. The topological polar surface area (TPSA) is 62.5 Å². The number of aryl methyl sites for hydroxylation is 1. The van der Waals surface area contributed by atoms with Crippen molar-refractivity contribution in [3.05, 3.63) is 62.3 Å². The summed E-state index contributed by atoms with van der Waals surface area (Å²) in [5.41, 5.74) is 0.112. The van der Waals surface area contributed by atoms with Crippen molar-refractivity contribution in [1.29, 1.82) is 0 Å². The van der Waals surface area contributed by atoms with E-state index in [0.717, 1.165) is 4.57 Å². The first-order valence-electron chi connectivity index (χ1n) is 7.69. The van der Waals surface area contributed by atoms with E-state index in [2.05, 4.69) is 0 Å². The number of hydrogen-bond acceptors (Lipinski definition) is 4. The fraction of sp³-hybridized carbons (Fsp3) is 0.222.